The molecule has 1 aliphatic heterocycles. The SMILES string of the molecule is N#Cc1c(Cl)nc2c(F)c(-c3ccc(F)c4sc(N)nc34)c(Cl)cc2c1N1CCNCC1. The summed E-state index contributed by atoms with van der Waals surface area (Å²) in [5.41, 5.74) is 6.95. The summed E-state index contributed by atoms with van der Waals surface area (Å²) in [5.74, 6) is -1.23. The monoisotopic (exact) mass is 490 g/mol. The lowest BCUT2D eigenvalue weighted by atomic mass is 9.99. The van der Waals surface area contributed by atoms with Crippen LogP contribution in [0.1, 0.15) is 5.56 Å². The van der Waals surface area contributed by atoms with Crippen molar-refractivity contribution in [3.8, 4) is 17.2 Å². The van der Waals surface area contributed by atoms with Crippen molar-refractivity contribution < 1.29 is 8.78 Å². The number of thiazole rings is 1. The molecule has 2 aromatic heterocycles. The largest absolute Gasteiger partial charge is 0.375 e. The van der Waals surface area contributed by atoms with Crippen molar-refractivity contribution in [2.75, 3.05) is 36.8 Å². The third-order valence-electron chi connectivity index (χ3n) is 5.43. The Morgan fingerprint density at radius 3 is 2.62 bits per heavy atom. The van der Waals surface area contributed by atoms with Gasteiger partial charge < -0.3 is 16.0 Å². The van der Waals surface area contributed by atoms with Crippen LogP contribution in [0.4, 0.5) is 19.6 Å². The first-order chi connectivity index (χ1) is 15.4. The summed E-state index contributed by atoms with van der Waals surface area (Å²) in [6.07, 6.45) is 0. The molecule has 2 aromatic carbocycles. The van der Waals surface area contributed by atoms with Crippen LogP contribution in [0.2, 0.25) is 10.2 Å². The van der Waals surface area contributed by atoms with Crippen LogP contribution in [0.3, 0.4) is 0 Å². The van der Waals surface area contributed by atoms with Gasteiger partial charge in [-0.2, -0.15) is 5.26 Å². The van der Waals surface area contributed by atoms with E-state index in [2.05, 4.69) is 21.4 Å². The summed E-state index contributed by atoms with van der Waals surface area (Å²) in [6, 6.07) is 6.29. The zero-order valence-electron chi connectivity index (χ0n) is 16.3. The molecule has 6 nitrogen and oxygen atoms in total. The Kier molecular flexibility index (Phi) is 5.26. The average Bonchev–Trinajstić information content (AvgIpc) is 3.18. The number of fused-ring (bicyclic) bond motifs is 2. The maximum absolute atomic E-state index is 15.9. The van der Waals surface area contributed by atoms with Gasteiger partial charge in [-0.05, 0) is 18.2 Å². The van der Waals surface area contributed by atoms with Gasteiger partial charge in [0.2, 0.25) is 0 Å². The highest BCUT2D eigenvalue weighted by Crippen LogP contribution is 2.44. The highest BCUT2D eigenvalue weighted by Gasteiger charge is 2.26. The molecule has 1 aliphatic rings. The Morgan fingerprint density at radius 1 is 1.16 bits per heavy atom. The van der Waals surface area contributed by atoms with E-state index >= 15 is 4.39 Å². The second-order valence-electron chi connectivity index (χ2n) is 7.24. The van der Waals surface area contributed by atoms with Gasteiger partial charge in [0, 0.05) is 42.7 Å². The van der Waals surface area contributed by atoms with Crippen LogP contribution in [0.25, 0.3) is 32.2 Å². The molecule has 32 heavy (non-hydrogen) atoms. The second-order valence-corrected chi connectivity index (χ2v) is 9.04. The molecule has 0 bridgehead atoms. The number of nitrogens with two attached hydrogens (primary N) is 1. The normalized spacial score (nSPS) is 14.3. The number of nitriles is 1. The fraction of sp³-hybridized carbons (Fsp3) is 0.190. The molecule has 5 rings (SSSR count). The Bertz CT molecular complexity index is 1440. The smallest absolute Gasteiger partial charge is 0.181 e. The summed E-state index contributed by atoms with van der Waals surface area (Å²) < 4.78 is 30.4. The van der Waals surface area contributed by atoms with E-state index in [9.17, 15) is 9.65 Å². The van der Waals surface area contributed by atoms with E-state index < -0.39 is 11.6 Å². The second kappa shape index (κ2) is 7.98. The van der Waals surface area contributed by atoms with Gasteiger partial charge in [-0.3, -0.25) is 0 Å². The van der Waals surface area contributed by atoms with E-state index in [0.29, 0.717) is 42.8 Å². The molecule has 11 heteroatoms. The zero-order valence-corrected chi connectivity index (χ0v) is 18.7. The fourth-order valence-corrected chi connectivity index (χ4v) is 5.32. The number of anilines is 2. The summed E-state index contributed by atoms with van der Waals surface area (Å²) >= 11 is 13.8. The van der Waals surface area contributed by atoms with Gasteiger partial charge in [0.1, 0.15) is 28.1 Å². The van der Waals surface area contributed by atoms with Gasteiger partial charge in [0.05, 0.1) is 20.9 Å². The maximum Gasteiger partial charge on any atom is 0.181 e. The number of nitrogens with zero attached hydrogens (tertiary/aromatic N) is 4. The summed E-state index contributed by atoms with van der Waals surface area (Å²) in [7, 11) is 0. The molecule has 0 unspecified atom stereocenters. The fourth-order valence-electron chi connectivity index (χ4n) is 4.04. The minimum Gasteiger partial charge on any atom is -0.375 e. The number of rotatable bonds is 2. The van der Waals surface area contributed by atoms with Crippen LogP contribution in [-0.2, 0) is 0 Å². The van der Waals surface area contributed by atoms with E-state index in [1.54, 1.807) is 6.07 Å². The third-order valence-corrected chi connectivity index (χ3v) is 6.89. The quantitative estimate of drug-likeness (QED) is 0.386. The van der Waals surface area contributed by atoms with Crippen molar-refractivity contribution in [3.05, 3.63) is 45.6 Å². The van der Waals surface area contributed by atoms with Gasteiger partial charge in [0.15, 0.2) is 10.9 Å². The van der Waals surface area contributed by atoms with Gasteiger partial charge >= 0.3 is 0 Å². The minimum atomic E-state index is -0.727. The highest BCUT2D eigenvalue weighted by atomic mass is 35.5. The molecule has 1 fully saturated rings. The first-order valence-electron chi connectivity index (χ1n) is 9.62. The third kappa shape index (κ3) is 3.22. The molecular weight excluding hydrogens is 477 g/mol. The molecular formula is C21H14Cl2F2N6S. The summed E-state index contributed by atoms with van der Waals surface area (Å²) in [6.45, 7) is 2.64. The van der Waals surface area contributed by atoms with Crippen molar-refractivity contribution in [2.24, 2.45) is 0 Å². The minimum absolute atomic E-state index is 0.0222. The molecule has 0 radical (unpaired) electrons. The molecule has 162 valence electrons. The zero-order chi connectivity index (χ0) is 22.6. The summed E-state index contributed by atoms with van der Waals surface area (Å²) in [4.78, 5) is 10.3. The Hall–Kier alpha value is -2.77. The predicted molar refractivity (Wildman–Crippen MR) is 125 cm³/mol. The van der Waals surface area contributed by atoms with Gasteiger partial charge in [-0.15, -0.1) is 0 Å². The van der Waals surface area contributed by atoms with Crippen LogP contribution < -0.4 is 16.0 Å². The molecule has 3 N–H and O–H groups in total. The van der Waals surface area contributed by atoms with Crippen molar-refractivity contribution in [1.29, 1.82) is 5.26 Å². The number of pyridine rings is 1. The number of nitrogens with one attached hydrogen (secondary N) is 1. The first-order valence-corrected chi connectivity index (χ1v) is 11.2. The lowest BCUT2D eigenvalue weighted by molar-refractivity contribution is 0.589. The van der Waals surface area contributed by atoms with E-state index in [-0.39, 0.29) is 42.2 Å². The Morgan fingerprint density at radius 2 is 1.91 bits per heavy atom. The van der Waals surface area contributed by atoms with Crippen LogP contribution in [0, 0.1) is 23.0 Å². The van der Waals surface area contributed by atoms with Crippen LogP contribution in [0.5, 0.6) is 0 Å². The van der Waals surface area contributed by atoms with Gasteiger partial charge in [-0.25, -0.2) is 18.7 Å². The standard InChI is InChI=1S/C21H14Cl2F2N6S/c22-12-7-10-16(29-20(23)11(8-26)18(10)31-5-3-28-4-6-31)15(25)14(12)9-1-2-13(24)19-17(9)30-21(27)32-19/h1-2,7,28H,3-6H2,(H2,27,30). The van der Waals surface area contributed by atoms with E-state index in [4.69, 9.17) is 28.9 Å². The van der Waals surface area contributed by atoms with E-state index in [0.717, 1.165) is 11.3 Å². The van der Waals surface area contributed by atoms with Gasteiger partial charge in [0.25, 0.3) is 0 Å². The van der Waals surface area contributed by atoms with E-state index in [1.807, 2.05) is 4.90 Å². The Labute approximate surface area is 195 Å². The molecule has 0 aliphatic carbocycles. The number of hydrogen-bond acceptors (Lipinski definition) is 7. The number of benzene rings is 2. The lowest BCUT2D eigenvalue weighted by Gasteiger charge is -2.31. The number of hydrogen-bond donors (Lipinski definition) is 2. The average molecular weight is 491 g/mol. The van der Waals surface area contributed by atoms with Crippen LogP contribution >= 0.6 is 34.5 Å². The Balaban J connectivity index is 1.84. The number of halogens is 4. The number of piperazine rings is 1. The molecule has 3 heterocycles. The molecule has 1 saturated heterocycles. The molecule has 0 amide bonds. The first kappa shape index (κ1) is 21.1. The topological polar surface area (TPSA) is 90.9 Å². The molecule has 0 saturated carbocycles. The summed E-state index contributed by atoms with van der Waals surface area (Å²) in [5, 5.41) is 13.5. The van der Waals surface area contributed by atoms with E-state index in [1.165, 1.54) is 12.1 Å². The number of nitrogen functional groups attached to an aromatic ring is 1. The molecule has 4 aromatic rings. The van der Waals surface area contributed by atoms with Crippen LogP contribution in [-0.4, -0.2) is 36.1 Å². The molecule has 0 spiro atoms. The van der Waals surface area contributed by atoms with Crippen molar-refractivity contribution in [3.63, 3.8) is 0 Å². The van der Waals surface area contributed by atoms with Crippen molar-refractivity contribution >= 4 is 66.5 Å². The maximum atomic E-state index is 15.9. The van der Waals surface area contributed by atoms with Crippen LogP contribution in [0.15, 0.2) is 18.2 Å². The van der Waals surface area contributed by atoms with Crippen molar-refractivity contribution in [2.45, 2.75) is 0 Å². The van der Waals surface area contributed by atoms with Crippen molar-refractivity contribution in [1.82, 2.24) is 15.3 Å². The number of aromatic nitrogens is 2. The predicted octanol–water partition coefficient (Wildman–Crippen LogP) is 4.96. The van der Waals surface area contributed by atoms with Gasteiger partial charge in [-0.1, -0.05) is 34.5 Å². The highest BCUT2D eigenvalue weighted by molar-refractivity contribution is 7.22. The lowest BCUT2D eigenvalue weighted by Crippen LogP contribution is -2.44. The molecule has 0 atom stereocenters.